The Morgan fingerprint density at radius 2 is 2.22 bits per heavy atom. The van der Waals surface area contributed by atoms with Crippen LogP contribution in [0.1, 0.15) is 34.1 Å². The Labute approximate surface area is 134 Å². The third kappa shape index (κ3) is 2.97. The lowest BCUT2D eigenvalue weighted by Crippen LogP contribution is -2.45. The standard InChI is InChI=1S/C16H20N4O3/c1-9-6-12(19-20(9)2)16(23)18-14-11(7-13(21)15(14)22)10-4-3-5-17-8-10/h3-6,8,11,13-15,21-22H,7H2,1-2H3,(H,18,23). The number of aromatic nitrogens is 3. The summed E-state index contributed by atoms with van der Waals surface area (Å²) in [5.41, 5.74) is 2.04. The molecule has 7 heteroatoms. The van der Waals surface area contributed by atoms with Crippen molar-refractivity contribution in [1.82, 2.24) is 20.1 Å². The van der Waals surface area contributed by atoms with E-state index in [4.69, 9.17) is 0 Å². The molecular weight excluding hydrogens is 296 g/mol. The maximum absolute atomic E-state index is 12.4. The zero-order valence-electron chi connectivity index (χ0n) is 13.0. The van der Waals surface area contributed by atoms with E-state index >= 15 is 0 Å². The first kappa shape index (κ1) is 15.6. The summed E-state index contributed by atoms with van der Waals surface area (Å²) < 4.78 is 1.62. The summed E-state index contributed by atoms with van der Waals surface area (Å²) in [6.07, 6.45) is 1.83. The summed E-state index contributed by atoms with van der Waals surface area (Å²) in [5.74, 6) is -0.553. The van der Waals surface area contributed by atoms with E-state index in [9.17, 15) is 15.0 Å². The SMILES string of the molecule is Cc1cc(C(=O)NC2C(c3cccnc3)CC(O)C2O)nn1C. The highest BCUT2D eigenvalue weighted by molar-refractivity contribution is 5.92. The van der Waals surface area contributed by atoms with Gasteiger partial charge in [0.25, 0.3) is 5.91 Å². The van der Waals surface area contributed by atoms with Crippen LogP contribution in [0.15, 0.2) is 30.6 Å². The highest BCUT2D eigenvalue weighted by Crippen LogP contribution is 2.35. The molecule has 3 rings (SSSR count). The molecule has 0 aliphatic heterocycles. The summed E-state index contributed by atoms with van der Waals surface area (Å²) in [6.45, 7) is 1.86. The number of nitrogens with one attached hydrogen (secondary N) is 1. The van der Waals surface area contributed by atoms with Crippen LogP contribution in [-0.4, -0.2) is 49.1 Å². The van der Waals surface area contributed by atoms with Crippen molar-refractivity contribution < 1.29 is 15.0 Å². The zero-order chi connectivity index (χ0) is 16.6. The van der Waals surface area contributed by atoms with Gasteiger partial charge in [-0.15, -0.1) is 0 Å². The molecule has 122 valence electrons. The molecular formula is C16H20N4O3. The second-order valence-corrected chi connectivity index (χ2v) is 5.98. The fraction of sp³-hybridized carbons (Fsp3) is 0.438. The normalized spacial score (nSPS) is 27.1. The molecule has 7 nitrogen and oxygen atoms in total. The van der Waals surface area contributed by atoms with Crippen LogP contribution in [0.3, 0.4) is 0 Å². The van der Waals surface area contributed by atoms with Crippen molar-refractivity contribution in [1.29, 1.82) is 0 Å². The first-order chi connectivity index (χ1) is 11.0. The second kappa shape index (κ2) is 6.10. The first-order valence-corrected chi connectivity index (χ1v) is 7.55. The van der Waals surface area contributed by atoms with Gasteiger partial charge in [0, 0.05) is 31.1 Å². The summed E-state index contributed by atoms with van der Waals surface area (Å²) in [5, 5.41) is 27.2. The number of carbonyl (C=O) groups excluding carboxylic acids is 1. The summed E-state index contributed by atoms with van der Waals surface area (Å²) in [6, 6.07) is 4.79. The molecule has 1 saturated carbocycles. The molecule has 4 atom stereocenters. The Morgan fingerprint density at radius 1 is 1.43 bits per heavy atom. The maximum Gasteiger partial charge on any atom is 0.272 e. The molecule has 1 aliphatic rings. The van der Waals surface area contributed by atoms with Gasteiger partial charge in [0.2, 0.25) is 0 Å². The van der Waals surface area contributed by atoms with Gasteiger partial charge in [0.15, 0.2) is 0 Å². The fourth-order valence-corrected chi connectivity index (χ4v) is 3.05. The van der Waals surface area contributed by atoms with Crippen molar-refractivity contribution in [2.24, 2.45) is 7.05 Å². The van der Waals surface area contributed by atoms with Gasteiger partial charge < -0.3 is 15.5 Å². The Hall–Kier alpha value is -2.25. The number of aliphatic hydroxyl groups is 2. The Balaban J connectivity index is 1.82. The highest BCUT2D eigenvalue weighted by atomic mass is 16.3. The summed E-state index contributed by atoms with van der Waals surface area (Å²) in [7, 11) is 1.76. The number of carbonyl (C=O) groups is 1. The van der Waals surface area contributed by atoms with E-state index in [1.54, 1.807) is 36.3 Å². The topological polar surface area (TPSA) is 100 Å². The van der Waals surface area contributed by atoms with Gasteiger partial charge in [-0.25, -0.2) is 0 Å². The molecule has 0 bridgehead atoms. The van der Waals surface area contributed by atoms with Crippen LogP contribution in [0, 0.1) is 6.92 Å². The molecule has 1 fully saturated rings. The predicted molar refractivity (Wildman–Crippen MR) is 82.8 cm³/mol. The van der Waals surface area contributed by atoms with Gasteiger partial charge in [-0.1, -0.05) is 6.07 Å². The van der Waals surface area contributed by atoms with E-state index in [1.165, 1.54) is 0 Å². The monoisotopic (exact) mass is 316 g/mol. The minimum atomic E-state index is -1.02. The molecule has 4 unspecified atom stereocenters. The van der Waals surface area contributed by atoms with Gasteiger partial charge >= 0.3 is 0 Å². The average molecular weight is 316 g/mol. The van der Waals surface area contributed by atoms with Crippen molar-refractivity contribution >= 4 is 5.91 Å². The molecule has 23 heavy (non-hydrogen) atoms. The number of pyridine rings is 1. The minimum Gasteiger partial charge on any atom is -0.390 e. The third-order valence-electron chi connectivity index (χ3n) is 4.45. The third-order valence-corrected chi connectivity index (χ3v) is 4.45. The molecule has 2 heterocycles. The van der Waals surface area contributed by atoms with Crippen LogP contribution in [0.5, 0.6) is 0 Å². The van der Waals surface area contributed by atoms with Gasteiger partial charge in [0.05, 0.1) is 12.1 Å². The Morgan fingerprint density at radius 3 is 2.83 bits per heavy atom. The van der Waals surface area contributed by atoms with Crippen molar-refractivity contribution in [3.05, 3.63) is 47.5 Å². The molecule has 2 aromatic heterocycles. The molecule has 1 amide bonds. The van der Waals surface area contributed by atoms with Crippen LogP contribution in [0.4, 0.5) is 0 Å². The van der Waals surface area contributed by atoms with Crippen LogP contribution >= 0.6 is 0 Å². The molecule has 0 aromatic carbocycles. The molecule has 1 aliphatic carbocycles. The van der Waals surface area contributed by atoms with Crippen molar-refractivity contribution in [3.8, 4) is 0 Å². The number of aliphatic hydroxyl groups excluding tert-OH is 2. The lowest BCUT2D eigenvalue weighted by Gasteiger charge is -2.23. The van der Waals surface area contributed by atoms with Gasteiger partial charge in [-0.05, 0) is 31.0 Å². The summed E-state index contributed by atoms with van der Waals surface area (Å²) in [4.78, 5) is 16.5. The fourth-order valence-electron chi connectivity index (χ4n) is 3.05. The number of amides is 1. The van der Waals surface area contributed by atoms with Crippen LogP contribution in [0.2, 0.25) is 0 Å². The van der Waals surface area contributed by atoms with E-state index in [0.717, 1.165) is 11.3 Å². The molecule has 3 N–H and O–H groups in total. The molecule has 0 radical (unpaired) electrons. The number of nitrogens with zero attached hydrogens (tertiary/aromatic N) is 3. The number of hydrogen-bond donors (Lipinski definition) is 3. The largest absolute Gasteiger partial charge is 0.390 e. The van der Waals surface area contributed by atoms with E-state index in [0.29, 0.717) is 12.1 Å². The van der Waals surface area contributed by atoms with E-state index in [-0.39, 0.29) is 11.8 Å². The second-order valence-electron chi connectivity index (χ2n) is 5.98. The van der Waals surface area contributed by atoms with Crippen molar-refractivity contribution in [2.75, 3.05) is 0 Å². The van der Waals surface area contributed by atoms with Crippen molar-refractivity contribution in [2.45, 2.75) is 37.5 Å². The van der Waals surface area contributed by atoms with Gasteiger partial charge in [0.1, 0.15) is 11.8 Å². The van der Waals surface area contributed by atoms with Crippen LogP contribution in [-0.2, 0) is 7.05 Å². The number of hydrogen-bond acceptors (Lipinski definition) is 5. The molecule has 0 saturated heterocycles. The minimum absolute atomic E-state index is 0.192. The lowest BCUT2D eigenvalue weighted by molar-refractivity contribution is 0.0294. The van der Waals surface area contributed by atoms with Gasteiger partial charge in [-0.2, -0.15) is 5.10 Å². The highest BCUT2D eigenvalue weighted by Gasteiger charge is 2.43. The quantitative estimate of drug-likeness (QED) is 0.747. The molecule has 0 spiro atoms. The Kier molecular flexibility index (Phi) is 4.14. The smallest absolute Gasteiger partial charge is 0.272 e. The number of aryl methyl sites for hydroxylation is 2. The maximum atomic E-state index is 12.4. The molecule has 2 aromatic rings. The van der Waals surface area contributed by atoms with E-state index in [2.05, 4.69) is 15.4 Å². The van der Waals surface area contributed by atoms with Crippen molar-refractivity contribution in [3.63, 3.8) is 0 Å². The summed E-state index contributed by atoms with van der Waals surface area (Å²) >= 11 is 0. The van der Waals surface area contributed by atoms with E-state index in [1.807, 2.05) is 13.0 Å². The predicted octanol–water partition coefficient (Wildman–Crippen LogP) is 0.131. The number of rotatable bonds is 3. The lowest BCUT2D eigenvalue weighted by atomic mass is 9.95. The Bertz CT molecular complexity index is 681. The zero-order valence-corrected chi connectivity index (χ0v) is 13.0. The first-order valence-electron chi connectivity index (χ1n) is 7.55. The average Bonchev–Trinajstić information content (AvgIpc) is 3.02. The van der Waals surface area contributed by atoms with E-state index < -0.39 is 18.2 Å². The van der Waals surface area contributed by atoms with Crippen LogP contribution in [0.25, 0.3) is 0 Å². The van der Waals surface area contributed by atoms with Gasteiger partial charge in [-0.3, -0.25) is 14.5 Å². The van der Waals surface area contributed by atoms with Crippen LogP contribution < -0.4 is 5.32 Å².